The number of hydrogen-bond acceptors (Lipinski definition) is 6. The second-order valence-electron chi connectivity index (χ2n) is 7.58. The fourth-order valence-corrected chi connectivity index (χ4v) is 4.68. The van der Waals surface area contributed by atoms with Crippen molar-refractivity contribution in [2.75, 3.05) is 7.11 Å². The standard InChI is InChI=1S/C25H20ClN5O2S/c1-15(22-27-21-9-4-3-8-20(21)24(32)28-22)34-25-30-29-23(16-6-5-7-19(14-16)33-2)31(25)18-12-10-17(26)11-13-18/h3-15H,1-2H3,(H,27,28,32). The van der Waals surface area contributed by atoms with Crippen LogP contribution in [0, 0.1) is 0 Å². The average Bonchev–Trinajstić information content (AvgIpc) is 3.28. The zero-order chi connectivity index (χ0) is 23.7. The third-order valence-electron chi connectivity index (χ3n) is 5.34. The Balaban J connectivity index is 1.58. The zero-order valence-corrected chi connectivity index (χ0v) is 20.0. The van der Waals surface area contributed by atoms with Crippen molar-refractivity contribution in [3.63, 3.8) is 0 Å². The van der Waals surface area contributed by atoms with Gasteiger partial charge in [-0.15, -0.1) is 10.2 Å². The SMILES string of the molecule is COc1cccc(-c2nnc(SC(C)c3nc4ccccc4c(=O)[nH]3)n2-c2ccc(Cl)cc2)c1. The van der Waals surface area contributed by atoms with Crippen LogP contribution < -0.4 is 10.3 Å². The molecule has 5 rings (SSSR count). The van der Waals surface area contributed by atoms with Crippen molar-refractivity contribution in [2.45, 2.75) is 17.3 Å². The van der Waals surface area contributed by atoms with Crippen LogP contribution in [-0.4, -0.2) is 31.8 Å². The molecule has 34 heavy (non-hydrogen) atoms. The monoisotopic (exact) mass is 489 g/mol. The van der Waals surface area contributed by atoms with E-state index in [-0.39, 0.29) is 10.8 Å². The van der Waals surface area contributed by atoms with E-state index in [0.717, 1.165) is 17.0 Å². The molecule has 0 aliphatic rings. The van der Waals surface area contributed by atoms with Crippen molar-refractivity contribution in [1.29, 1.82) is 0 Å². The van der Waals surface area contributed by atoms with E-state index >= 15 is 0 Å². The van der Waals surface area contributed by atoms with Gasteiger partial charge in [0.1, 0.15) is 11.6 Å². The maximum atomic E-state index is 12.6. The minimum atomic E-state index is -0.189. The predicted molar refractivity (Wildman–Crippen MR) is 135 cm³/mol. The molecule has 0 aliphatic carbocycles. The number of ether oxygens (including phenoxy) is 1. The lowest BCUT2D eigenvalue weighted by Gasteiger charge is -2.14. The maximum Gasteiger partial charge on any atom is 0.258 e. The van der Waals surface area contributed by atoms with Gasteiger partial charge in [-0.05, 0) is 55.5 Å². The highest BCUT2D eigenvalue weighted by atomic mass is 35.5. The van der Waals surface area contributed by atoms with Crippen molar-refractivity contribution in [3.8, 4) is 22.8 Å². The van der Waals surface area contributed by atoms with E-state index in [0.29, 0.717) is 32.7 Å². The number of fused-ring (bicyclic) bond motifs is 1. The van der Waals surface area contributed by atoms with Gasteiger partial charge in [0, 0.05) is 16.3 Å². The Morgan fingerprint density at radius 2 is 1.82 bits per heavy atom. The molecule has 0 bridgehead atoms. The first-order valence-corrected chi connectivity index (χ1v) is 11.8. The summed E-state index contributed by atoms with van der Waals surface area (Å²) in [5.41, 5.74) is 2.22. The van der Waals surface area contributed by atoms with Crippen LogP contribution in [0.4, 0.5) is 0 Å². The summed E-state index contributed by atoms with van der Waals surface area (Å²) in [7, 11) is 1.63. The number of rotatable bonds is 6. The fourth-order valence-electron chi connectivity index (χ4n) is 3.63. The zero-order valence-electron chi connectivity index (χ0n) is 18.4. The highest BCUT2D eigenvalue weighted by Crippen LogP contribution is 2.36. The van der Waals surface area contributed by atoms with E-state index in [4.69, 9.17) is 16.3 Å². The first-order chi connectivity index (χ1) is 16.5. The van der Waals surface area contributed by atoms with Gasteiger partial charge in [-0.1, -0.05) is 47.6 Å². The summed E-state index contributed by atoms with van der Waals surface area (Å²) in [4.78, 5) is 20.1. The molecule has 7 nitrogen and oxygen atoms in total. The summed E-state index contributed by atoms with van der Waals surface area (Å²) in [5.74, 6) is 1.96. The van der Waals surface area contributed by atoms with E-state index < -0.39 is 0 Å². The molecule has 170 valence electrons. The van der Waals surface area contributed by atoms with Crippen LogP contribution in [0.15, 0.2) is 82.7 Å². The van der Waals surface area contributed by atoms with Gasteiger partial charge in [-0.25, -0.2) is 4.98 Å². The molecule has 1 unspecified atom stereocenters. The number of methoxy groups -OCH3 is 1. The number of benzene rings is 3. The Bertz CT molecular complexity index is 1530. The minimum absolute atomic E-state index is 0.163. The Morgan fingerprint density at radius 1 is 1.03 bits per heavy atom. The first kappa shape index (κ1) is 22.2. The minimum Gasteiger partial charge on any atom is -0.497 e. The molecule has 5 aromatic rings. The smallest absolute Gasteiger partial charge is 0.258 e. The number of H-pyrrole nitrogens is 1. The van der Waals surface area contributed by atoms with Crippen LogP contribution in [-0.2, 0) is 0 Å². The normalized spacial score (nSPS) is 12.1. The second-order valence-corrected chi connectivity index (χ2v) is 9.32. The van der Waals surface area contributed by atoms with Crippen molar-refractivity contribution < 1.29 is 4.74 Å². The number of nitrogens with zero attached hydrogens (tertiary/aromatic N) is 4. The Morgan fingerprint density at radius 3 is 2.62 bits per heavy atom. The van der Waals surface area contributed by atoms with Gasteiger partial charge in [0.2, 0.25) is 0 Å². The molecular weight excluding hydrogens is 470 g/mol. The molecule has 1 N–H and O–H groups in total. The van der Waals surface area contributed by atoms with Gasteiger partial charge in [-0.3, -0.25) is 9.36 Å². The van der Waals surface area contributed by atoms with Crippen LogP contribution in [0.25, 0.3) is 28.0 Å². The Hall–Kier alpha value is -3.62. The van der Waals surface area contributed by atoms with Gasteiger partial charge in [0.25, 0.3) is 5.56 Å². The molecule has 0 radical (unpaired) electrons. The van der Waals surface area contributed by atoms with Crippen LogP contribution >= 0.6 is 23.4 Å². The molecular formula is C25H20ClN5O2S. The Kier molecular flexibility index (Phi) is 6.08. The highest BCUT2D eigenvalue weighted by Gasteiger charge is 2.21. The maximum absolute atomic E-state index is 12.6. The molecule has 0 amide bonds. The number of aromatic amines is 1. The van der Waals surface area contributed by atoms with Crippen molar-refractivity contribution in [3.05, 3.63) is 94.0 Å². The number of nitrogens with one attached hydrogen (secondary N) is 1. The fraction of sp³-hybridized carbons (Fsp3) is 0.120. The lowest BCUT2D eigenvalue weighted by atomic mass is 10.2. The number of para-hydroxylation sites is 1. The van der Waals surface area contributed by atoms with Crippen LogP contribution in [0.5, 0.6) is 5.75 Å². The van der Waals surface area contributed by atoms with Crippen molar-refractivity contribution in [2.24, 2.45) is 0 Å². The number of halogens is 1. The summed E-state index contributed by atoms with van der Waals surface area (Å²) in [6.45, 7) is 1.98. The highest BCUT2D eigenvalue weighted by molar-refractivity contribution is 7.99. The largest absolute Gasteiger partial charge is 0.497 e. The van der Waals surface area contributed by atoms with Gasteiger partial charge < -0.3 is 9.72 Å². The Labute approximate surface area is 204 Å². The van der Waals surface area contributed by atoms with Crippen LogP contribution in [0.1, 0.15) is 18.0 Å². The third-order valence-corrected chi connectivity index (χ3v) is 6.65. The van der Waals surface area contributed by atoms with Crippen molar-refractivity contribution >= 4 is 34.3 Å². The molecule has 1 atom stereocenters. The van der Waals surface area contributed by atoms with Gasteiger partial charge in [-0.2, -0.15) is 0 Å². The summed E-state index contributed by atoms with van der Waals surface area (Å²) in [6, 6.07) is 22.4. The molecule has 0 spiro atoms. The van der Waals surface area contributed by atoms with Crippen molar-refractivity contribution in [1.82, 2.24) is 24.7 Å². The number of hydrogen-bond donors (Lipinski definition) is 1. The quantitative estimate of drug-likeness (QED) is 0.308. The van der Waals surface area contributed by atoms with Gasteiger partial charge in [0.05, 0.1) is 23.3 Å². The predicted octanol–water partition coefficient (Wildman–Crippen LogP) is 5.69. The van der Waals surface area contributed by atoms with Gasteiger partial charge >= 0.3 is 0 Å². The summed E-state index contributed by atoms with van der Waals surface area (Å²) in [6.07, 6.45) is 0. The molecule has 0 aliphatic heterocycles. The second kappa shape index (κ2) is 9.32. The lowest BCUT2D eigenvalue weighted by Crippen LogP contribution is -2.13. The van der Waals surface area contributed by atoms with Gasteiger partial charge in [0.15, 0.2) is 11.0 Å². The molecule has 0 saturated carbocycles. The number of thioether (sulfide) groups is 1. The lowest BCUT2D eigenvalue weighted by molar-refractivity contribution is 0.415. The third kappa shape index (κ3) is 4.30. The van der Waals surface area contributed by atoms with Crippen LogP contribution in [0.2, 0.25) is 5.02 Å². The summed E-state index contributed by atoms with van der Waals surface area (Å²) >= 11 is 7.59. The summed E-state index contributed by atoms with van der Waals surface area (Å²) in [5, 5.41) is 10.6. The van der Waals surface area contributed by atoms with E-state index in [2.05, 4.69) is 20.2 Å². The molecule has 0 fully saturated rings. The number of aromatic nitrogens is 5. The van der Waals surface area contributed by atoms with E-state index in [9.17, 15) is 4.79 Å². The molecule has 2 heterocycles. The topological polar surface area (TPSA) is 85.7 Å². The average molecular weight is 490 g/mol. The first-order valence-electron chi connectivity index (χ1n) is 10.5. The molecule has 2 aromatic heterocycles. The molecule has 0 saturated heterocycles. The van der Waals surface area contributed by atoms with Crippen LogP contribution in [0.3, 0.4) is 0 Å². The van der Waals surface area contributed by atoms with E-state index in [1.54, 1.807) is 13.2 Å². The van der Waals surface area contributed by atoms with E-state index in [1.165, 1.54) is 11.8 Å². The molecule has 3 aromatic carbocycles. The van der Waals surface area contributed by atoms with E-state index in [1.807, 2.05) is 78.2 Å². The summed E-state index contributed by atoms with van der Waals surface area (Å²) < 4.78 is 7.35. The molecule has 9 heteroatoms.